The molecule has 5 rings (SSSR count). The Morgan fingerprint density at radius 2 is 1.03 bits per heavy atom. The predicted octanol–water partition coefficient (Wildman–Crippen LogP) is 17.6. The van der Waals surface area contributed by atoms with E-state index in [4.69, 9.17) is 9.73 Å². The van der Waals surface area contributed by atoms with E-state index in [9.17, 15) is 0 Å². The van der Waals surface area contributed by atoms with E-state index in [-0.39, 0.29) is 5.41 Å². The van der Waals surface area contributed by atoms with E-state index in [0.717, 1.165) is 68.3 Å². The number of ether oxygens (including phenoxy) is 1. The first kappa shape index (κ1) is 50.3. The van der Waals surface area contributed by atoms with E-state index < -0.39 is 0 Å². The van der Waals surface area contributed by atoms with Crippen LogP contribution >= 0.6 is 0 Å². The number of nitrogens with zero attached hydrogens (tertiary/aromatic N) is 3. The van der Waals surface area contributed by atoms with E-state index in [1.807, 2.05) is 44.3 Å². The second kappa shape index (κ2) is 29.1. The molecule has 1 aromatic heterocycles. The van der Waals surface area contributed by atoms with Crippen molar-refractivity contribution < 1.29 is 20.5 Å². The van der Waals surface area contributed by atoms with Gasteiger partial charge < -0.3 is 4.74 Å². The summed E-state index contributed by atoms with van der Waals surface area (Å²) < 4.78 is 7.48. The van der Waals surface area contributed by atoms with Crippen molar-refractivity contribution in [1.29, 1.82) is 0 Å². The zero-order chi connectivity index (χ0) is 44.3. The third-order valence-corrected chi connectivity index (χ3v) is 11.5. The Morgan fingerprint density at radius 3 is 1.48 bits per heavy atom. The van der Waals surface area contributed by atoms with Crippen molar-refractivity contribution in [3.05, 3.63) is 133 Å². The molecule has 0 radical (unpaired) electrons. The molecule has 0 aliphatic heterocycles. The molecular formula is C57H76CoN3O. The molecule has 0 amide bonds. The van der Waals surface area contributed by atoms with Gasteiger partial charge in [0.15, 0.2) is 0 Å². The van der Waals surface area contributed by atoms with Crippen LogP contribution in [0.25, 0.3) is 22.3 Å². The van der Waals surface area contributed by atoms with Crippen LogP contribution in [-0.4, -0.2) is 21.9 Å². The van der Waals surface area contributed by atoms with Gasteiger partial charge >= 0.3 is 94.0 Å². The SMILES string of the molecule is CCCCCCCCCCCCCCCCCCCCOc1c(-c2ccccc2)cc(N=C(C)c2cccnc2)cc1-c1ccccc1.C[C]([Co])=Nc1ccccc1C(C)(C)C. The van der Waals surface area contributed by atoms with Crippen molar-refractivity contribution in [3.63, 3.8) is 0 Å². The minimum absolute atomic E-state index is 0.128. The van der Waals surface area contributed by atoms with Crippen LogP contribution in [-0.2, 0) is 21.2 Å². The molecule has 0 unspecified atom stereocenters. The first-order valence-electron chi connectivity index (χ1n) is 23.8. The molecule has 0 atom stereocenters. The van der Waals surface area contributed by atoms with E-state index >= 15 is 0 Å². The summed E-state index contributed by atoms with van der Waals surface area (Å²) in [5, 5.41) is 0. The summed E-state index contributed by atoms with van der Waals surface area (Å²) >= 11 is 4.25. The summed E-state index contributed by atoms with van der Waals surface area (Å²) in [4.78, 5) is 13.7. The van der Waals surface area contributed by atoms with Gasteiger partial charge in [-0.1, -0.05) is 183 Å². The van der Waals surface area contributed by atoms with Crippen molar-refractivity contribution in [1.82, 2.24) is 4.98 Å². The average molecular weight is 878 g/mol. The number of unbranched alkanes of at least 4 members (excludes halogenated alkanes) is 17. The van der Waals surface area contributed by atoms with Crippen LogP contribution in [0.1, 0.15) is 168 Å². The zero-order valence-corrected chi connectivity index (χ0v) is 40.1. The fourth-order valence-corrected chi connectivity index (χ4v) is 8.00. The molecule has 0 bridgehead atoms. The van der Waals surface area contributed by atoms with Gasteiger partial charge in [-0.25, -0.2) is 0 Å². The number of aromatic nitrogens is 1. The van der Waals surface area contributed by atoms with Crippen molar-refractivity contribution in [2.24, 2.45) is 9.98 Å². The molecule has 0 aliphatic rings. The van der Waals surface area contributed by atoms with Gasteiger partial charge in [0, 0.05) is 34.8 Å². The molecule has 5 heteroatoms. The average Bonchev–Trinajstić information content (AvgIpc) is 3.28. The molecule has 0 fully saturated rings. The van der Waals surface area contributed by atoms with Crippen LogP contribution in [0, 0.1) is 0 Å². The molecule has 0 saturated heterocycles. The van der Waals surface area contributed by atoms with Gasteiger partial charge in [-0.2, -0.15) is 0 Å². The number of aliphatic imine (C=N–C) groups is 2. The van der Waals surface area contributed by atoms with Gasteiger partial charge in [0.1, 0.15) is 5.75 Å². The normalized spacial score (nSPS) is 11.9. The predicted molar refractivity (Wildman–Crippen MR) is 266 cm³/mol. The van der Waals surface area contributed by atoms with Crippen LogP contribution in [0.2, 0.25) is 0 Å². The Morgan fingerprint density at radius 1 is 0.565 bits per heavy atom. The molecule has 0 N–H and O–H groups in total. The van der Waals surface area contributed by atoms with Crippen LogP contribution in [0.5, 0.6) is 5.75 Å². The number of para-hydroxylation sites is 1. The molecule has 1 heterocycles. The number of rotatable bonds is 25. The molecular weight excluding hydrogens is 802 g/mol. The van der Waals surface area contributed by atoms with Gasteiger partial charge in [0.25, 0.3) is 0 Å². The first-order valence-corrected chi connectivity index (χ1v) is 24.3. The maximum atomic E-state index is 6.69. The number of benzene rings is 4. The number of hydrogen-bond donors (Lipinski definition) is 0. The fourth-order valence-electron chi connectivity index (χ4n) is 7.88. The van der Waals surface area contributed by atoms with Crippen LogP contribution < -0.4 is 4.74 Å². The second-order valence-corrected chi connectivity index (χ2v) is 18.5. The van der Waals surface area contributed by atoms with E-state index in [1.165, 1.54) is 115 Å². The molecule has 5 aromatic rings. The van der Waals surface area contributed by atoms with E-state index in [1.54, 1.807) is 6.20 Å². The van der Waals surface area contributed by atoms with Crippen molar-refractivity contribution in [2.75, 3.05) is 6.61 Å². The van der Waals surface area contributed by atoms with Gasteiger partial charge in [-0.3, -0.25) is 9.98 Å². The summed E-state index contributed by atoms with van der Waals surface area (Å²) in [7, 11) is 0. The zero-order valence-electron chi connectivity index (χ0n) is 39.1. The molecule has 4 aromatic carbocycles. The molecule has 4 nitrogen and oxygen atoms in total. The third kappa shape index (κ3) is 19.0. The summed E-state index contributed by atoms with van der Waals surface area (Å²) in [5.41, 5.74) is 9.71. The molecule has 0 saturated carbocycles. The Kier molecular flexibility index (Phi) is 23.6. The summed E-state index contributed by atoms with van der Waals surface area (Å²) in [5.74, 6) is 0.942. The third-order valence-electron chi connectivity index (χ3n) is 11.3. The summed E-state index contributed by atoms with van der Waals surface area (Å²) in [6.45, 7) is 13.5. The molecule has 334 valence electrons. The van der Waals surface area contributed by atoms with Crippen LogP contribution in [0.4, 0.5) is 11.4 Å². The standard InChI is InChI=1S/C45H60N2O.C12H16N.Co/c1-3-4-5-6-7-8-9-10-11-12-13-14-15-16-17-18-19-26-34-48-45-43(39-28-22-20-23-29-39)35-42(36-44(45)40-30-24-21-25-31-40)47-38(2)41-32-27-33-46-37-41;1-5-13-11-9-7-6-8-10(11)12(2,3)4;/h20-25,27-33,35-37H,3-19,26,34H2,1-2H3;6-9H,1-4H3;. The fraction of sp³-hybridized carbons (Fsp3) is 0.456. The van der Waals surface area contributed by atoms with Gasteiger partial charge in [-0.05, 0) is 42.7 Å². The summed E-state index contributed by atoms with van der Waals surface area (Å²) in [6, 6.07) is 37.7. The van der Waals surface area contributed by atoms with Crippen LogP contribution in [0.15, 0.2) is 132 Å². The van der Waals surface area contributed by atoms with E-state index in [2.05, 4.69) is 138 Å². The van der Waals surface area contributed by atoms with Crippen molar-refractivity contribution >= 4 is 21.7 Å². The van der Waals surface area contributed by atoms with Crippen molar-refractivity contribution in [2.45, 2.75) is 163 Å². The Hall–Kier alpha value is -4.32. The molecule has 62 heavy (non-hydrogen) atoms. The van der Waals surface area contributed by atoms with Crippen LogP contribution in [0.3, 0.4) is 0 Å². The molecule has 0 spiro atoms. The Balaban J connectivity index is 0.000000511. The maximum absolute atomic E-state index is 6.69. The van der Waals surface area contributed by atoms with E-state index in [0.29, 0.717) is 0 Å². The van der Waals surface area contributed by atoms with Gasteiger partial charge in [0.05, 0.1) is 12.3 Å². The number of pyridine rings is 1. The Labute approximate surface area is 385 Å². The Bertz CT molecular complexity index is 1950. The quantitative estimate of drug-likeness (QED) is 0.0433. The number of hydrogen-bond acceptors (Lipinski definition) is 4. The van der Waals surface area contributed by atoms with Gasteiger partial charge in [0.2, 0.25) is 0 Å². The second-order valence-electron chi connectivity index (χ2n) is 17.7. The first-order chi connectivity index (χ1) is 30.2. The minimum atomic E-state index is 0.128. The molecule has 0 aliphatic carbocycles. The monoisotopic (exact) mass is 878 g/mol. The van der Waals surface area contributed by atoms with Gasteiger partial charge in [-0.15, -0.1) is 0 Å². The topological polar surface area (TPSA) is 46.8 Å². The van der Waals surface area contributed by atoms with Crippen molar-refractivity contribution in [3.8, 4) is 28.0 Å². The summed E-state index contributed by atoms with van der Waals surface area (Å²) in [6.07, 6.45) is 28.5.